The average Bonchev–Trinajstić information content (AvgIpc) is 2.11. The molecule has 0 aromatic heterocycles. The molecule has 13 heavy (non-hydrogen) atoms. The van der Waals surface area contributed by atoms with Crippen molar-refractivity contribution in [1.82, 2.24) is 5.32 Å². The van der Waals surface area contributed by atoms with E-state index in [-0.39, 0.29) is 11.5 Å². The van der Waals surface area contributed by atoms with Gasteiger partial charge in [-0.1, -0.05) is 0 Å². The van der Waals surface area contributed by atoms with Gasteiger partial charge in [-0.15, -0.1) is 0 Å². The Hall–Kier alpha value is -1.29. The largest absolute Gasteiger partial charge is 0.507 e. The van der Waals surface area contributed by atoms with Crippen molar-refractivity contribution in [3.8, 4) is 11.5 Å². The molecule has 0 aliphatic carbocycles. The van der Waals surface area contributed by atoms with E-state index in [1.165, 1.54) is 19.2 Å². The van der Waals surface area contributed by atoms with Crippen LogP contribution >= 0.6 is 0 Å². The first-order chi connectivity index (χ1) is 6.19. The Kier molecular flexibility index (Phi) is 3.08. The van der Waals surface area contributed by atoms with Crippen LogP contribution in [0, 0.1) is 5.82 Å². The number of methoxy groups -OCH3 is 1. The molecule has 0 fully saturated rings. The molecule has 0 heterocycles. The zero-order valence-electron chi connectivity index (χ0n) is 7.60. The third-order valence-corrected chi connectivity index (χ3v) is 1.72. The first kappa shape index (κ1) is 9.80. The first-order valence-electron chi connectivity index (χ1n) is 3.89. The molecule has 72 valence electrons. The highest BCUT2D eigenvalue weighted by Crippen LogP contribution is 2.26. The number of phenols is 1. The fraction of sp³-hybridized carbons (Fsp3) is 0.333. The van der Waals surface area contributed by atoms with E-state index in [0.717, 1.165) is 0 Å². The number of hydrogen-bond acceptors (Lipinski definition) is 3. The van der Waals surface area contributed by atoms with E-state index < -0.39 is 5.82 Å². The highest BCUT2D eigenvalue weighted by atomic mass is 19.1. The van der Waals surface area contributed by atoms with Crippen LogP contribution in [-0.4, -0.2) is 19.3 Å². The molecule has 0 bridgehead atoms. The summed E-state index contributed by atoms with van der Waals surface area (Å²) in [6.07, 6.45) is 0. The summed E-state index contributed by atoms with van der Waals surface area (Å²) in [5.74, 6) is -0.379. The molecule has 0 unspecified atom stereocenters. The number of halogens is 1. The van der Waals surface area contributed by atoms with Crippen LogP contribution in [-0.2, 0) is 6.54 Å². The molecule has 1 aromatic carbocycles. The Morgan fingerprint density at radius 1 is 1.54 bits per heavy atom. The Balaban J connectivity index is 3.05. The van der Waals surface area contributed by atoms with Crippen LogP contribution in [0.15, 0.2) is 12.1 Å². The lowest BCUT2D eigenvalue weighted by molar-refractivity contribution is 0.378. The molecule has 0 amide bonds. The van der Waals surface area contributed by atoms with E-state index in [1.807, 2.05) is 0 Å². The van der Waals surface area contributed by atoms with Gasteiger partial charge >= 0.3 is 0 Å². The summed E-state index contributed by atoms with van der Waals surface area (Å²) < 4.78 is 17.8. The number of hydrogen-bond donors (Lipinski definition) is 2. The molecular weight excluding hydrogens is 173 g/mol. The third kappa shape index (κ3) is 2.09. The molecule has 2 N–H and O–H groups in total. The summed E-state index contributed by atoms with van der Waals surface area (Å²) in [4.78, 5) is 0. The normalized spacial score (nSPS) is 10.1. The molecule has 0 aliphatic rings. The molecule has 3 nitrogen and oxygen atoms in total. The third-order valence-electron chi connectivity index (χ3n) is 1.72. The maximum atomic E-state index is 13.1. The second-order valence-corrected chi connectivity index (χ2v) is 2.65. The summed E-state index contributed by atoms with van der Waals surface area (Å²) in [6, 6.07) is 2.52. The van der Waals surface area contributed by atoms with Crippen molar-refractivity contribution in [2.75, 3.05) is 14.2 Å². The van der Waals surface area contributed by atoms with Crippen molar-refractivity contribution in [2.45, 2.75) is 6.54 Å². The van der Waals surface area contributed by atoms with Crippen LogP contribution in [0.1, 0.15) is 5.56 Å². The first-order valence-corrected chi connectivity index (χ1v) is 3.89. The molecule has 0 saturated heterocycles. The minimum atomic E-state index is -0.467. The zero-order valence-corrected chi connectivity index (χ0v) is 7.60. The fourth-order valence-electron chi connectivity index (χ4n) is 1.07. The van der Waals surface area contributed by atoms with Crippen LogP contribution in [0.3, 0.4) is 0 Å². The van der Waals surface area contributed by atoms with Gasteiger partial charge in [-0.05, 0) is 13.1 Å². The highest BCUT2D eigenvalue weighted by Gasteiger charge is 2.08. The molecule has 0 aliphatic heterocycles. The molecule has 0 spiro atoms. The van der Waals surface area contributed by atoms with E-state index in [2.05, 4.69) is 5.32 Å². The van der Waals surface area contributed by atoms with Crippen molar-refractivity contribution in [1.29, 1.82) is 0 Å². The summed E-state index contributed by atoms with van der Waals surface area (Å²) in [7, 11) is 3.08. The van der Waals surface area contributed by atoms with E-state index in [9.17, 15) is 9.50 Å². The lowest BCUT2D eigenvalue weighted by Gasteiger charge is -2.07. The number of nitrogens with one attached hydrogen (secondary N) is 1. The molecular formula is C9H12FNO2. The van der Waals surface area contributed by atoms with Gasteiger partial charge in [-0.2, -0.15) is 0 Å². The molecule has 0 atom stereocenters. The number of rotatable bonds is 3. The van der Waals surface area contributed by atoms with Crippen molar-refractivity contribution in [2.24, 2.45) is 0 Å². The maximum Gasteiger partial charge on any atom is 0.165 e. The van der Waals surface area contributed by atoms with Gasteiger partial charge in [0.1, 0.15) is 5.75 Å². The number of aromatic hydroxyl groups is 1. The SMILES string of the molecule is CNCc1cc(F)c(OC)cc1O. The quantitative estimate of drug-likeness (QED) is 0.744. The van der Waals surface area contributed by atoms with Crippen molar-refractivity contribution in [3.63, 3.8) is 0 Å². The van der Waals surface area contributed by atoms with Crippen LogP contribution < -0.4 is 10.1 Å². The zero-order chi connectivity index (χ0) is 9.84. The van der Waals surface area contributed by atoms with E-state index in [0.29, 0.717) is 12.1 Å². The van der Waals surface area contributed by atoms with Gasteiger partial charge < -0.3 is 15.2 Å². The van der Waals surface area contributed by atoms with Crippen LogP contribution in [0.5, 0.6) is 11.5 Å². The highest BCUT2D eigenvalue weighted by molar-refractivity contribution is 5.40. The van der Waals surface area contributed by atoms with Crippen molar-refractivity contribution >= 4 is 0 Å². The minimum Gasteiger partial charge on any atom is -0.507 e. The summed E-state index contributed by atoms with van der Waals surface area (Å²) in [5, 5.41) is 12.2. The second-order valence-electron chi connectivity index (χ2n) is 2.65. The van der Waals surface area contributed by atoms with Gasteiger partial charge in [0.15, 0.2) is 11.6 Å². The lowest BCUT2D eigenvalue weighted by atomic mass is 10.2. The van der Waals surface area contributed by atoms with Crippen LogP contribution in [0.2, 0.25) is 0 Å². The molecule has 1 rings (SSSR count). The van der Waals surface area contributed by atoms with Gasteiger partial charge in [0.25, 0.3) is 0 Å². The minimum absolute atomic E-state index is 0.0348. The van der Waals surface area contributed by atoms with Crippen molar-refractivity contribution < 1.29 is 14.2 Å². The van der Waals surface area contributed by atoms with Crippen LogP contribution in [0.4, 0.5) is 4.39 Å². The fourth-order valence-corrected chi connectivity index (χ4v) is 1.07. The Bertz CT molecular complexity index is 302. The molecule has 0 radical (unpaired) electrons. The maximum absolute atomic E-state index is 13.1. The van der Waals surface area contributed by atoms with E-state index in [4.69, 9.17) is 4.74 Å². The van der Waals surface area contributed by atoms with Crippen LogP contribution in [0.25, 0.3) is 0 Å². The predicted molar refractivity (Wildman–Crippen MR) is 47.4 cm³/mol. The Labute approximate surface area is 76.1 Å². The molecule has 0 saturated carbocycles. The Morgan fingerprint density at radius 2 is 2.23 bits per heavy atom. The topological polar surface area (TPSA) is 41.5 Å². The second kappa shape index (κ2) is 4.09. The van der Waals surface area contributed by atoms with Crippen molar-refractivity contribution in [3.05, 3.63) is 23.5 Å². The van der Waals surface area contributed by atoms with Gasteiger partial charge in [0.05, 0.1) is 7.11 Å². The molecule has 4 heteroatoms. The van der Waals surface area contributed by atoms with Gasteiger partial charge in [-0.3, -0.25) is 0 Å². The predicted octanol–water partition coefficient (Wildman–Crippen LogP) is 1.26. The number of benzene rings is 1. The lowest BCUT2D eigenvalue weighted by Crippen LogP contribution is -2.05. The van der Waals surface area contributed by atoms with E-state index in [1.54, 1.807) is 7.05 Å². The van der Waals surface area contributed by atoms with E-state index >= 15 is 0 Å². The van der Waals surface area contributed by atoms with Gasteiger partial charge in [-0.25, -0.2) is 4.39 Å². The van der Waals surface area contributed by atoms with Gasteiger partial charge in [0, 0.05) is 18.2 Å². The number of phenolic OH excluding ortho intramolecular Hbond substituents is 1. The van der Waals surface area contributed by atoms with Gasteiger partial charge in [0.2, 0.25) is 0 Å². The summed E-state index contributed by atoms with van der Waals surface area (Å²) >= 11 is 0. The molecule has 1 aromatic rings. The summed E-state index contributed by atoms with van der Waals surface area (Å²) in [5.41, 5.74) is 0.515. The average molecular weight is 185 g/mol. The monoisotopic (exact) mass is 185 g/mol. The standard InChI is InChI=1S/C9H12FNO2/c1-11-5-6-3-7(10)9(13-2)4-8(6)12/h3-4,11-12H,5H2,1-2H3. The number of ether oxygens (including phenoxy) is 1. The summed E-state index contributed by atoms with van der Waals surface area (Å²) in [6.45, 7) is 0.423. The smallest absolute Gasteiger partial charge is 0.165 e. The Morgan fingerprint density at radius 3 is 2.77 bits per heavy atom.